The fourth-order valence-corrected chi connectivity index (χ4v) is 4.64. The zero-order valence-corrected chi connectivity index (χ0v) is 19.0. The molecule has 0 bridgehead atoms. The number of nitrogens with one attached hydrogen (secondary N) is 1. The Hall–Kier alpha value is -3.13. The van der Waals surface area contributed by atoms with E-state index in [1.165, 1.54) is 31.4 Å². The van der Waals surface area contributed by atoms with E-state index >= 15 is 0 Å². The van der Waals surface area contributed by atoms with E-state index in [-0.39, 0.29) is 36.3 Å². The van der Waals surface area contributed by atoms with Crippen LogP contribution in [0, 0.1) is 0 Å². The maximum Gasteiger partial charge on any atom is 0.257 e. The molecule has 7 heteroatoms. The Morgan fingerprint density at radius 1 is 1.24 bits per heavy atom. The van der Waals surface area contributed by atoms with Crippen molar-refractivity contribution < 1.29 is 29.6 Å². The summed E-state index contributed by atoms with van der Waals surface area (Å²) in [5.41, 5.74) is -0.349. The maximum atomic E-state index is 12.7. The first kappa shape index (κ1) is 25.5. The molecule has 4 rings (SSSR count). The SMILES string of the molecule is C.C=C(C)[C@@H]1CC[C@](C)(/C=C/c2ccc3c(c2O)[C@@](O)(c2ccc(O)cc2)[C@H](OC)C(=O)N3)O1. The molecular formula is C27H33NO6. The molecular weight excluding hydrogens is 434 g/mol. The van der Waals surface area contributed by atoms with Crippen molar-refractivity contribution in [2.45, 2.75) is 57.5 Å². The standard InChI is InChI=1S/C26H29NO6.CH4/c1-15(2)20-12-14-25(3,33-20)13-11-16-5-10-19-21(22(16)29)26(31,23(32-4)24(30)27-19)17-6-8-18(28)9-7-17;/h5-11,13,20,23,28-29,31H,1,12,14H2,2-4H3,(H,27,30);1H4/b13-11+;/t20-,23+,25-,26-;/m0./s1. The number of methoxy groups -OCH3 is 1. The van der Waals surface area contributed by atoms with Crippen LogP contribution in [0.2, 0.25) is 0 Å². The number of anilines is 1. The zero-order valence-electron chi connectivity index (χ0n) is 19.0. The molecule has 1 fully saturated rings. The number of phenolic OH excluding ortho intramolecular Hbond substituents is 2. The number of ether oxygens (including phenoxy) is 2. The zero-order chi connectivity index (χ0) is 24.0. The van der Waals surface area contributed by atoms with Gasteiger partial charge in [0.2, 0.25) is 0 Å². The molecule has 2 aromatic rings. The van der Waals surface area contributed by atoms with Gasteiger partial charge in [0.05, 0.1) is 23.0 Å². The van der Waals surface area contributed by atoms with Crippen LogP contribution in [0.4, 0.5) is 5.69 Å². The number of rotatable bonds is 5. The number of carbonyl (C=O) groups is 1. The fourth-order valence-electron chi connectivity index (χ4n) is 4.64. The van der Waals surface area contributed by atoms with Gasteiger partial charge in [-0.25, -0.2) is 0 Å². The molecule has 34 heavy (non-hydrogen) atoms. The van der Waals surface area contributed by atoms with Crippen molar-refractivity contribution in [3.8, 4) is 11.5 Å². The van der Waals surface area contributed by atoms with Gasteiger partial charge in [-0.15, -0.1) is 0 Å². The lowest BCUT2D eigenvalue weighted by molar-refractivity contribution is -0.142. The van der Waals surface area contributed by atoms with Gasteiger partial charge in [0.25, 0.3) is 5.91 Å². The van der Waals surface area contributed by atoms with E-state index in [0.717, 1.165) is 18.4 Å². The summed E-state index contributed by atoms with van der Waals surface area (Å²) in [4.78, 5) is 12.7. The van der Waals surface area contributed by atoms with Gasteiger partial charge in [-0.3, -0.25) is 4.79 Å². The quantitative estimate of drug-likeness (QED) is 0.484. The molecule has 0 saturated carbocycles. The number of carbonyl (C=O) groups excluding carboxylic acids is 1. The lowest BCUT2D eigenvalue weighted by Gasteiger charge is -2.40. The molecule has 1 saturated heterocycles. The minimum Gasteiger partial charge on any atom is -0.508 e. The molecule has 0 radical (unpaired) electrons. The van der Waals surface area contributed by atoms with Crippen molar-refractivity contribution in [3.05, 3.63) is 71.3 Å². The maximum absolute atomic E-state index is 12.7. The molecule has 1 amide bonds. The van der Waals surface area contributed by atoms with Crippen molar-refractivity contribution in [2.24, 2.45) is 0 Å². The van der Waals surface area contributed by atoms with E-state index in [1.54, 1.807) is 18.2 Å². The Labute approximate surface area is 200 Å². The summed E-state index contributed by atoms with van der Waals surface area (Å²) in [5.74, 6) is -0.712. The Kier molecular flexibility index (Phi) is 6.94. The van der Waals surface area contributed by atoms with Crippen molar-refractivity contribution in [1.82, 2.24) is 0 Å². The summed E-state index contributed by atoms with van der Waals surface area (Å²) in [6, 6.07) is 9.11. The van der Waals surface area contributed by atoms with Gasteiger partial charge >= 0.3 is 0 Å². The highest BCUT2D eigenvalue weighted by Gasteiger charge is 2.51. The number of benzene rings is 2. The molecule has 4 atom stereocenters. The van der Waals surface area contributed by atoms with Crippen LogP contribution in [0.1, 0.15) is 50.8 Å². The number of fused-ring (bicyclic) bond motifs is 1. The Bertz CT molecular complexity index is 1120. The monoisotopic (exact) mass is 467 g/mol. The summed E-state index contributed by atoms with van der Waals surface area (Å²) in [6.07, 6.45) is 4.01. The number of aromatic hydroxyl groups is 2. The van der Waals surface area contributed by atoms with Crippen LogP contribution in [-0.2, 0) is 19.9 Å². The normalized spacial score (nSPS) is 28.3. The van der Waals surface area contributed by atoms with Crippen LogP contribution in [0.5, 0.6) is 11.5 Å². The average Bonchev–Trinajstić information content (AvgIpc) is 3.16. The van der Waals surface area contributed by atoms with Crippen LogP contribution in [0.25, 0.3) is 6.08 Å². The van der Waals surface area contributed by atoms with Gasteiger partial charge < -0.3 is 30.1 Å². The van der Waals surface area contributed by atoms with Gasteiger partial charge in [0, 0.05) is 12.7 Å². The largest absolute Gasteiger partial charge is 0.508 e. The smallest absolute Gasteiger partial charge is 0.257 e. The number of phenols is 2. The van der Waals surface area contributed by atoms with Crippen LogP contribution in [0.3, 0.4) is 0 Å². The van der Waals surface area contributed by atoms with Crippen LogP contribution >= 0.6 is 0 Å². The van der Waals surface area contributed by atoms with Gasteiger partial charge in [0.1, 0.15) is 11.5 Å². The van der Waals surface area contributed by atoms with Crippen LogP contribution in [0.15, 0.2) is 54.6 Å². The predicted molar refractivity (Wildman–Crippen MR) is 132 cm³/mol. The minimum absolute atomic E-state index is 0. The fraction of sp³-hybridized carbons (Fsp3) is 0.370. The predicted octanol–water partition coefficient (Wildman–Crippen LogP) is 4.46. The Morgan fingerprint density at radius 3 is 2.50 bits per heavy atom. The molecule has 0 unspecified atom stereocenters. The van der Waals surface area contributed by atoms with Gasteiger partial charge in [-0.05, 0) is 56.5 Å². The topological polar surface area (TPSA) is 108 Å². The third kappa shape index (κ3) is 4.22. The lowest BCUT2D eigenvalue weighted by atomic mass is 9.76. The van der Waals surface area contributed by atoms with Crippen molar-refractivity contribution in [2.75, 3.05) is 12.4 Å². The van der Waals surface area contributed by atoms with E-state index in [9.17, 15) is 20.1 Å². The molecule has 2 aliphatic rings. The molecule has 2 aromatic carbocycles. The first-order valence-electron chi connectivity index (χ1n) is 10.8. The first-order valence-corrected chi connectivity index (χ1v) is 10.8. The van der Waals surface area contributed by atoms with E-state index < -0.39 is 23.2 Å². The van der Waals surface area contributed by atoms with Crippen molar-refractivity contribution in [1.29, 1.82) is 0 Å². The molecule has 0 spiro atoms. The average molecular weight is 468 g/mol. The highest BCUT2D eigenvalue weighted by Crippen LogP contribution is 2.48. The third-order valence-electron chi connectivity index (χ3n) is 6.49. The van der Waals surface area contributed by atoms with Crippen molar-refractivity contribution >= 4 is 17.7 Å². The second-order valence-electron chi connectivity index (χ2n) is 8.98. The summed E-state index contributed by atoms with van der Waals surface area (Å²) in [5, 5.41) is 35.5. The molecule has 4 N–H and O–H groups in total. The highest BCUT2D eigenvalue weighted by molar-refractivity contribution is 6.00. The molecule has 2 heterocycles. The summed E-state index contributed by atoms with van der Waals surface area (Å²) in [6.45, 7) is 7.90. The third-order valence-corrected chi connectivity index (χ3v) is 6.49. The Morgan fingerprint density at radius 2 is 1.91 bits per heavy atom. The van der Waals surface area contributed by atoms with E-state index in [2.05, 4.69) is 11.9 Å². The molecule has 2 aliphatic heterocycles. The number of hydrogen-bond acceptors (Lipinski definition) is 6. The van der Waals surface area contributed by atoms with Gasteiger partial charge in [-0.2, -0.15) is 0 Å². The molecule has 0 aromatic heterocycles. The van der Waals surface area contributed by atoms with E-state index in [4.69, 9.17) is 9.47 Å². The molecule has 182 valence electrons. The summed E-state index contributed by atoms with van der Waals surface area (Å²) >= 11 is 0. The minimum atomic E-state index is -1.98. The summed E-state index contributed by atoms with van der Waals surface area (Å²) < 4.78 is 11.5. The highest BCUT2D eigenvalue weighted by atomic mass is 16.5. The second-order valence-corrected chi connectivity index (χ2v) is 8.98. The Balaban J connectivity index is 0.00000324. The van der Waals surface area contributed by atoms with Gasteiger partial charge in [0.15, 0.2) is 11.7 Å². The number of amides is 1. The lowest BCUT2D eigenvalue weighted by Crippen LogP contribution is -2.52. The van der Waals surface area contributed by atoms with Crippen molar-refractivity contribution in [3.63, 3.8) is 0 Å². The van der Waals surface area contributed by atoms with Gasteiger partial charge in [-0.1, -0.05) is 43.9 Å². The van der Waals surface area contributed by atoms with E-state index in [1.807, 2.05) is 19.9 Å². The first-order chi connectivity index (χ1) is 15.6. The molecule has 0 aliphatic carbocycles. The summed E-state index contributed by atoms with van der Waals surface area (Å²) in [7, 11) is 1.32. The van der Waals surface area contributed by atoms with Crippen LogP contribution in [-0.4, -0.2) is 46.1 Å². The van der Waals surface area contributed by atoms with E-state index in [0.29, 0.717) is 11.1 Å². The molecule has 7 nitrogen and oxygen atoms in total. The number of aliphatic hydroxyl groups is 1. The second kappa shape index (κ2) is 9.25. The number of hydrogen-bond donors (Lipinski definition) is 4. The van der Waals surface area contributed by atoms with Crippen LogP contribution < -0.4 is 5.32 Å².